The molecule has 0 saturated heterocycles. The predicted molar refractivity (Wildman–Crippen MR) is 93.3 cm³/mol. The van der Waals surface area contributed by atoms with Crippen LogP contribution >= 0.6 is 0 Å². The second kappa shape index (κ2) is 6.60. The van der Waals surface area contributed by atoms with E-state index in [9.17, 15) is 14.3 Å². The Morgan fingerprint density at radius 1 is 1.16 bits per heavy atom. The number of aryl methyl sites for hydroxylation is 1. The predicted octanol–water partition coefficient (Wildman–Crippen LogP) is 3.93. The summed E-state index contributed by atoms with van der Waals surface area (Å²) in [6.45, 7) is 0. The standard InChI is InChI=1S/C21H22FNO2/c22-16-6-3-5-15(12-16)20(24)13-21(25)23(17-9-10-17)19-11-8-14-4-1-2-7-18(14)19/h1-7,12,17,19-20,24H,8-11,13H2. The van der Waals surface area contributed by atoms with E-state index in [0.717, 1.165) is 25.7 Å². The highest BCUT2D eigenvalue weighted by Gasteiger charge is 2.40. The van der Waals surface area contributed by atoms with E-state index in [0.29, 0.717) is 5.56 Å². The molecule has 4 rings (SSSR count). The van der Waals surface area contributed by atoms with Crippen molar-refractivity contribution in [1.82, 2.24) is 4.90 Å². The fraction of sp³-hybridized carbons (Fsp3) is 0.381. The molecule has 0 radical (unpaired) electrons. The second-order valence-electron chi connectivity index (χ2n) is 7.06. The summed E-state index contributed by atoms with van der Waals surface area (Å²) in [5.41, 5.74) is 3.01. The summed E-state index contributed by atoms with van der Waals surface area (Å²) in [6, 6.07) is 14.5. The third kappa shape index (κ3) is 3.31. The number of benzene rings is 2. The van der Waals surface area contributed by atoms with E-state index in [1.165, 1.54) is 23.3 Å². The van der Waals surface area contributed by atoms with Crippen molar-refractivity contribution in [2.45, 2.75) is 50.3 Å². The number of hydrogen-bond donors (Lipinski definition) is 1. The zero-order valence-corrected chi connectivity index (χ0v) is 14.1. The van der Waals surface area contributed by atoms with Crippen molar-refractivity contribution in [3.05, 3.63) is 71.0 Å². The van der Waals surface area contributed by atoms with Gasteiger partial charge in [-0.05, 0) is 54.5 Å². The third-order valence-electron chi connectivity index (χ3n) is 5.27. The van der Waals surface area contributed by atoms with Crippen LogP contribution in [0.3, 0.4) is 0 Å². The van der Waals surface area contributed by atoms with E-state index >= 15 is 0 Å². The van der Waals surface area contributed by atoms with Crippen LogP contribution in [0.15, 0.2) is 48.5 Å². The number of nitrogens with zero attached hydrogens (tertiary/aromatic N) is 1. The Morgan fingerprint density at radius 2 is 1.96 bits per heavy atom. The maximum Gasteiger partial charge on any atom is 0.226 e. The number of aliphatic hydroxyl groups excluding tert-OH is 1. The number of carbonyl (C=O) groups excluding carboxylic acids is 1. The van der Waals surface area contributed by atoms with Gasteiger partial charge in [0.25, 0.3) is 0 Å². The highest BCUT2D eigenvalue weighted by atomic mass is 19.1. The smallest absolute Gasteiger partial charge is 0.226 e. The van der Waals surface area contributed by atoms with Crippen molar-refractivity contribution in [3.8, 4) is 0 Å². The van der Waals surface area contributed by atoms with Crippen molar-refractivity contribution in [2.75, 3.05) is 0 Å². The van der Waals surface area contributed by atoms with E-state index < -0.39 is 11.9 Å². The van der Waals surface area contributed by atoms with Gasteiger partial charge in [-0.3, -0.25) is 4.79 Å². The summed E-state index contributed by atoms with van der Waals surface area (Å²) in [5, 5.41) is 10.4. The topological polar surface area (TPSA) is 40.5 Å². The largest absolute Gasteiger partial charge is 0.388 e. The molecule has 1 N–H and O–H groups in total. The minimum absolute atomic E-state index is 0.00137. The van der Waals surface area contributed by atoms with Gasteiger partial charge in [0.2, 0.25) is 5.91 Å². The lowest BCUT2D eigenvalue weighted by Crippen LogP contribution is -2.36. The molecular weight excluding hydrogens is 317 g/mol. The van der Waals surface area contributed by atoms with Gasteiger partial charge in [-0.15, -0.1) is 0 Å². The van der Waals surface area contributed by atoms with Gasteiger partial charge in [0.15, 0.2) is 0 Å². The molecule has 2 aromatic rings. The average molecular weight is 339 g/mol. The molecular formula is C21H22FNO2. The number of fused-ring (bicyclic) bond motifs is 1. The quantitative estimate of drug-likeness (QED) is 0.897. The first kappa shape index (κ1) is 16.3. The Bertz CT molecular complexity index is 787. The highest BCUT2D eigenvalue weighted by Crippen LogP contribution is 2.42. The first-order chi connectivity index (χ1) is 12.1. The van der Waals surface area contributed by atoms with E-state index in [1.54, 1.807) is 12.1 Å². The van der Waals surface area contributed by atoms with Gasteiger partial charge in [-0.2, -0.15) is 0 Å². The summed E-state index contributed by atoms with van der Waals surface area (Å²) in [7, 11) is 0. The molecule has 2 atom stereocenters. The van der Waals surface area contributed by atoms with E-state index in [4.69, 9.17) is 0 Å². The molecule has 0 bridgehead atoms. The van der Waals surface area contributed by atoms with Crippen molar-refractivity contribution >= 4 is 5.91 Å². The Morgan fingerprint density at radius 3 is 2.72 bits per heavy atom. The molecule has 1 fully saturated rings. The number of carbonyl (C=O) groups is 1. The molecule has 0 spiro atoms. The third-order valence-corrected chi connectivity index (χ3v) is 5.27. The van der Waals surface area contributed by atoms with E-state index in [1.807, 2.05) is 17.0 Å². The lowest BCUT2D eigenvalue weighted by Gasteiger charge is -2.31. The van der Waals surface area contributed by atoms with E-state index in [-0.39, 0.29) is 24.4 Å². The molecule has 4 heteroatoms. The summed E-state index contributed by atoms with van der Waals surface area (Å²) in [4.78, 5) is 14.9. The Kier molecular flexibility index (Phi) is 4.30. The maximum absolute atomic E-state index is 13.4. The molecule has 3 nitrogen and oxygen atoms in total. The number of halogens is 1. The Balaban J connectivity index is 1.53. The maximum atomic E-state index is 13.4. The first-order valence-corrected chi connectivity index (χ1v) is 8.96. The lowest BCUT2D eigenvalue weighted by atomic mass is 10.0. The molecule has 0 aliphatic heterocycles. The molecule has 2 aromatic carbocycles. The number of amides is 1. The van der Waals surface area contributed by atoms with Gasteiger partial charge in [0.1, 0.15) is 5.82 Å². The van der Waals surface area contributed by atoms with Crippen molar-refractivity contribution in [2.24, 2.45) is 0 Å². The normalized spacial score (nSPS) is 20.2. The van der Waals surface area contributed by atoms with Crippen LogP contribution in [0.25, 0.3) is 0 Å². The Hall–Kier alpha value is -2.20. The molecule has 0 heterocycles. The highest BCUT2D eigenvalue weighted by molar-refractivity contribution is 5.78. The first-order valence-electron chi connectivity index (χ1n) is 8.96. The summed E-state index contributed by atoms with van der Waals surface area (Å²) in [5.74, 6) is -0.436. The Labute approximate surface area is 147 Å². The lowest BCUT2D eigenvalue weighted by molar-refractivity contribution is -0.136. The van der Waals surface area contributed by atoms with Crippen LogP contribution in [0.2, 0.25) is 0 Å². The molecule has 130 valence electrons. The number of rotatable bonds is 5. The SMILES string of the molecule is O=C(CC(O)c1cccc(F)c1)N(C1CC1)C1CCc2ccccc21. The van der Waals surface area contributed by atoms with Crippen molar-refractivity contribution < 1.29 is 14.3 Å². The van der Waals surface area contributed by atoms with Crippen LogP contribution in [0.5, 0.6) is 0 Å². The zero-order valence-electron chi connectivity index (χ0n) is 14.1. The van der Waals surface area contributed by atoms with Gasteiger partial charge in [0, 0.05) is 6.04 Å². The van der Waals surface area contributed by atoms with Crippen LogP contribution in [0, 0.1) is 5.82 Å². The van der Waals surface area contributed by atoms with Gasteiger partial charge in [-0.1, -0.05) is 36.4 Å². The molecule has 1 saturated carbocycles. The van der Waals surface area contributed by atoms with Gasteiger partial charge >= 0.3 is 0 Å². The summed E-state index contributed by atoms with van der Waals surface area (Å²) < 4.78 is 13.4. The van der Waals surface area contributed by atoms with Crippen LogP contribution in [-0.4, -0.2) is 22.0 Å². The minimum atomic E-state index is -0.971. The summed E-state index contributed by atoms with van der Waals surface area (Å²) >= 11 is 0. The van der Waals surface area contributed by atoms with Crippen molar-refractivity contribution in [3.63, 3.8) is 0 Å². The monoisotopic (exact) mass is 339 g/mol. The molecule has 2 aliphatic rings. The molecule has 25 heavy (non-hydrogen) atoms. The number of hydrogen-bond acceptors (Lipinski definition) is 2. The van der Waals surface area contributed by atoms with Crippen LogP contribution in [0.1, 0.15) is 54.5 Å². The van der Waals surface area contributed by atoms with Crippen LogP contribution in [-0.2, 0) is 11.2 Å². The average Bonchev–Trinajstić information content (AvgIpc) is 3.35. The van der Waals surface area contributed by atoms with Crippen LogP contribution < -0.4 is 0 Å². The summed E-state index contributed by atoms with van der Waals surface area (Å²) in [6.07, 6.45) is 3.02. The molecule has 1 amide bonds. The minimum Gasteiger partial charge on any atom is -0.388 e. The fourth-order valence-electron chi connectivity index (χ4n) is 3.91. The molecule has 0 aromatic heterocycles. The number of aliphatic hydroxyl groups is 1. The molecule has 2 unspecified atom stereocenters. The van der Waals surface area contributed by atoms with Crippen LogP contribution in [0.4, 0.5) is 4.39 Å². The van der Waals surface area contributed by atoms with Crippen molar-refractivity contribution in [1.29, 1.82) is 0 Å². The second-order valence-corrected chi connectivity index (χ2v) is 7.06. The van der Waals surface area contributed by atoms with Gasteiger partial charge in [-0.25, -0.2) is 4.39 Å². The zero-order chi connectivity index (χ0) is 17.4. The van der Waals surface area contributed by atoms with Gasteiger partial charge in [0.05, 0.1) is 18.6 Å². The van der Waals surface area contributed by atoms with E-state index in [2.05, 4.69) is 12.1 Å². The fourth-order valence-corrected chi connectivity index (χ4v) is 3.91. The molecule has 2 aliphatic carbocycles. The van der Waals surface area contributed by atoms with Gasteiger partial charge < -0.3 is 10.0 Å².